The molecule has 2 aromatic rings. The van der Waals surface area contributed by atoms with Crippen molar-refractivity contribution in [3.63, 3.8) is 0 Å². The Morgan fingerprint density at radius 2 is 1.50 bits per heavy atom. The van der Waals surface area contributed by atoms with Crippen LogP contribution in [0.25, 0.3) is 0 Å². The maximum Gasteiger partial charge on any atom is 0.276 e. The summed E-state index contributed by atoms with van der Waals surface area (Å²) < 4.78 is 15.9. The van der Waals surface area contributed by atoms with Gasteiger partial charge in [-0.3, -0.25) is 20.4 Å². The van der Waals surface area contributed by atoms with Crippen LogP contribution in [0.1, 0.15) is 11.1 Å². The number of hydrogen-bond acceptors (Lipinski definition) is 5. The van der Waals surface area contributed by atoms with Crippen molar-refractivity contribution in [1.29, 1.82) is 0 Å². The number of benzene rings is 2. The van der Waals surface area contributed by atoms with Crippen LogP contribution >= 0.6 is 0 Å². The van der Waals surface area contributed by atoms with Crippen molar-refractivity contribution in [2.75, 3.05) is 20.3 Å². The first-order valence-electron chi connectivity index (χ1n) is 8.02. The molecule has 26 heavy (non-hydrogen) atoms. The zero-order chi connectivity index (χ0) is 18.9. The molecular weight excluding hydrogens is 336 g/mol. The van der Waals surface area contributed by atoms with Gasteiger partial charge in [0, 0.05) is 0 Å². The summed E-state index contributed by atoms with van der Waals surface area (Å²) in [6, 6.07) is 12.7. The first kappa shape index (κ1) is 19.1. The highest BCUT2D eigenvalue weighted by molar-refractivity contribution is 5.83. The first-order valence-corrected chi connectivity index (χ1v) is 8.02. The second-order valence-electron chi connectivity index (χ2n) is 5.64. The number of hydrogen-bond donors (Lipinski definition) is 2. The van der Waals surface area contributed by atoms with Crippen molar-refractivity contribution in [3.8, 4) is 17.2 Å². The lowest BCUT2D eigenvalue weighted by Crippen LogP contribution is -2.45. The van der Waals surface area contributed by atoms with Crippen LogP contribution in [0.4, 0.5) is 0 Å². The zero-order valence-electron chi connectivity index (χ0n) is 15.0. The molecule has 0 unspecified atom stereocenters. The molecule has 7 nitrogen and oxygen atoms in total. The third-order valence-electron chi connectivity index (χ3n) is 3.38. The molecule has 138 valence electrons. The van der Waals surface area contributed by atoms with Crippen LogP contribution < -0.4 is 25.1 Å². The maximum atomic E-state index is 11.8. The van der Waals surface area contributed by atoms with Crippen molar-refractivity contribution >= 4 is 11.8 Å². The average Bonchev–Trinajstić information content (AvgIpc) is 2.63. The molecule has 2 amide bonds. The quantitative estimate of drug-likeness (QED) is 0.739. The van der Waals surface area contributed by atoms with E-state index in [-0.39, 0.29) is 13.2 Å². The largest absolute Gasteiger partial charge is 0.493 e. The third-order valence-corrected chi connectivity index (χ3v) is 3.38. The van der Waals surface area contributed by atoms with Gasteiger partial charge >= 0.3 is 0 Å². The van der Waals surface area contributed by atoms with Crippen molar-refractivity contribution in [2.45, 2.75) is 13.8 Å². The second-order valence-corrected chi connectivity index (χ2v) is 5.64. The molecule has 0 aromatic heterocycles. The maximum absolute atomic E-state index is 11.8. The van der Waals surface area contributed by atoms with E-state index in [0.717, 1.165) is 11.1 Å². The number of carbonyl (C=O) groups is 2. The average molecular weight is 358 g/mol. The molecule has 2 aromatic carbocycles. The first-order chi connectivity index (χ1) is 12.5. The lowest BCUT2D eigenvalue weighted by atomic mass is 10.2. The predicted molar refractivity (Wildman–Crippen MR) is 96.2 cm³/mol. The fourth-order valence-corrected chi connectivity index (χ4v) is 2.10. The Bertz CT molecular complexity index is 776. The highest BCUT2D eigenvalue weighted by atomic mass is 16.5. The summed E-state index contributed by atoms with van der Waals surface area (Å²) in [5.74, 6) is 0.585. The van der Waals surface area contributed by atoms with Crippen LogP contribution in [-0.2, 0) is 9.59 Å². The summed E-state index contributed by atoms with van der Waals surface area (Å²) in [6.07, 6.45) is 0. The Morgan fingerprint density at radius 1 is 0.846 bits per heavy atom. The number of carbonyl (C=O) groups excluding carboxylic acids is 2. The van der Waals surface area contributed by atoms with E-state index in [1.165, 1.54) is 7.11 Å². The van der Waals surface area contributed by atoms with E-state index < -0.39 is 11.8 Å². The van der Waals surface area contributed by atoms with Gasteiger partial charge in [-0.2, -0.15) is 0 Å². The van der Waals surface area contributed by atoms with Gasteiger partial charge in [-0.05, 0) is 49.2 Å². The molecule has 0 heterocycles. The lowest BCUT2D eigenvalue weighted by molar-refractivity contribution is -0.131. The fraction of sp³-hybridized carbons (Fsp3) is 0.263. The van der Waals surface area contributed by atoms with E-state index >= 15 is 0 Å². The van der Waals surface area contributed by atoms with Crippen LogP contribution in [-0.4, -0.2) is 32.1 Å². The van der Waals surface area contributed by atoms with Gasteiger partial charge in [-0.15, -0.1) is 0 Å². The Labute approximate surface area is 152 Å². The van der Waals surface area contributed by atoms with Crippen LogP contribution in [0.15, 0.2) is 42.5 Å². The molecule has 7 heteroatoms. The van der Waals surface area contributed by atoms with Gasteiger partial charge in [0.15, 0.2) is 24.7 Å². The van der Waals surface area contributed by atoms with E-state index in [0.29, 0.717) is 17.2 Å². The molecule has 0 saturated carbocycles. The van der Waals surface area contributed by atoms with Crippen molar-refractivity contribution in [2.24, 2.45) is 0 Å². The van der Waals surface area contributed by atoms with Crippen molar-refractivity contribution in [3.05, 3.63) is 53.6 Å². The van der Waals surface area contributed by atoms with Crippen LogP contribution in [0.2, 0.25) is 0 Å². The van der Waals surface area contributed by atoms with E-state index in [2.05, 4.69) is 10.9 Å². The Kier molecular flexibility index (Phi) is 6.84. The molecule has 0 bridgehead atoms. The second kappa shape index (κ2) is 9.31. The van der Waals surface area contributed by atoms with E-state index in [1.807, 2.05) is 38.1 Å². The highest BCUT2D eigenvalue weighted by Crippen LogP contribution is 2.27. The van der Waals surface area contributed by atoms with Gasteiger partial charge in [-0.25, -0.2) is 0 Å². The smallest absolute Gasteiger partial charge is 0.276 e. The molecular formula is C19H22N2O5. The molecule has 0 radical (unpaired) electrons. The van der Waals surface area contributed by atoms with Crippen molar-refractivity contribution in [1.82, 2.24) is 10.9 Å². The van der Waals surface area contributed by atoms with E-state index in [4.69, 9.17) is 14.2 Å². The number of amides is 2. The van der Waals surface area contributed by atoms with Gasteiger partial charge in [0.1, 0.15) is 5.75 Å². The summed E-state index contributed by atoms with van der Waals surface area (Å²) >= 11 is 0. The molecule has 0 spiro atoms. The summed E-state index contributed by atoms with van der Waals surface area (Å²) in [5.41, 5.74) is 6.57. The molecule has 2 N–H and O–H groups in total. The Morgan fingerprint density at radius 3 is 2.15 bits per heavy atom. The van der Waals surface area contributed by atoms with Gasteiger partial charge in [-0.1, -0.05) is 18.2 Å². The SMILES string of the molecule is COc1cc(C)ccc1OCC(=O)NNC(=O)COc1cccc(C)c1. The highest BCUT2D eigenvalue weighted by Gasteiger charge is 2.09. The van der Waals surface area contributed by atoms with Crippen molar-refractivity contribution < 1.29 is 23.8 Å². The summed E-state index contributed by atoms with van der Waals surface area (Å²) in [7, 11) is 1.52. The molecule has 0 aliphatic heterocycles. The molecule has 0 aliphatic rings. The van der Waals surface area contributed by atoms with Crippen LogP contribution in [0.5, 0.6) is 17.2 Å². The molecule has 0 atom stereocenters. The van der Waals surface area contributed by atoms with Gasteiger partial charge in [0.05, 0.1) is 7.11 Å². The third kappa shape index (κ3) is 6.01. The zero-order valence-corrected chi connectivity index (χ0v) is 15.0. The predicted octanol–water partition coefficient (Wildman–Crippen LogP) is 1.92. The lowest BCUT2D eigenvalue weighted by Gasteiger charge is -2.12. The minimum Gasteiger partial charge on any atom is -0.493 e. The number of ether oxygens (including phenoxy) is 3. The standard InChI is InChI=1S/C19H22N2O5/c1-13-5-4-6-15(9-13)25-11-18(22)20-21-19(23)12-26-16-8-7-14(2)10-17(16)24-3/h4-10H,11-12H2,1-3H3,(H,20,22)(H,21,23). The fourth-order valence-electron chi connectivity index (χ4n) is 2.10. The summed E-state index contributed by atoms with van der Waals surface area (Å²) in [6.45, 7) is 3.37. The molecule has 0 aliphatic carbocycles. The topological polar surface area (TPSA) is 85.9 Å². The number of aryl methyl sites for hydroxylation is 2. The number of nitrogens with one attached hydrogen (secondary N) is 2. The van der Waals surface area contributed by atoms with Crippen LogP contribution in [0, 0.1) is 13.8 Å². The van der Waals surface area contributed by atoms with Gasteiger partial charge in [0.25, 0.3) is 11.8 Å². The van der Waals surface area contributed by atoms with E-state index in [9.17, 15) is 9.59 Å². The monoisotopic (exact) mass is 358 g/mol. The normalized spacial score (nSPS) is 9.96. The molecule has 2 rings (SSSR count). The van der Waals surface area contributed by atoms with E-state index in [1.54, 1.807) is 18.2 Å². The summed E-state index contributed by atoms with van der Waals surface area (Å²) in [5, 5.41) is 0. The number of rotatable bonds is 7. The van der Waals surface area contributed by atoms with Gasteiger partial charge < -0.3 is 14.2 Å². The Hall–Kier alpha value is -3.22. The van der Waals surface area contributed by atoms with Crippen LogP contribution in [0.3, 0.4) is 0 Å². The summed E-state index contributed by atoms with van der Waals surface area (Å²) in [4.78, 5) is 23.5. The minimum absolute atomic E-state index is 0.212. The van der Waals surface area contributed by atoms with Gasteiger partial charge in [0.2, 0.25) is 0 Å². The number of hydrazine groups is 1. The number of methoxy groups -OCH3 is 1. The molecule has 0 fully saturated rings. The molecule has 0 saturated heterocycles. The minimum atomic E-state index is -0.503. The Balaban J connectivity index is 1.72.